The lowest BCUT2D eigenvalue weighted by atomic mass is 10.1. The van der Waals surface area contributed by atoms with Crippen LogP contribution < -0.4 is 0 Å². The van der Waals surface area contributed by atoms with E-state index in [2.05, 4.69) is 9.99 Å². The van der Waals surface area contributed by atoms with Gasteiger partial charge in [0.05, 0.1) is 11.5 Å². The molecule has 5 heteroatoms. The molecule has 1 aliphatic heterocycles. The van der Waals surface area contributed by atoms with Crippen molar-refractivity contribution in [2.24, 2.45) is 5.16 Å². The van der Waals surface area contributed by atoms with E-state index in [1.807, 2.05) is 19.1 Å². The third-order valence-electron chi connectivity index (χ3n) is 1.94. The van der Waals surface area contributed by atoms with E-state index in [9.17, 15) is 4.79 Å². The van der Waals surface area contributed by atoms with E-state index in [1.165, 1.54) is 4.88 Å². The van der Waals surface area contributed by atoms with Crippen LogP contribution in [-0.4, -0.2) is 17.6 Å². The molecule has 0 aliphatic carbocycles. The second-order valence-corrected chi connectivity index (χ2v) is 4.64. The Morgan fingerprint density at radius 1 is 1.60 bits per heavy atom. The van der Waals surface area contributed by atoms with Gasteiger partial charge in [-0.15, -0.1) is 22.9 Å². The molecule has 0 unspecified atom stereocenters. The summed E-state index contributed by atoms with van der Waals surface area (Å²) in [7, 11) is 0. The lowest BCUT2D eigenvalue weighted by molar-refractivity contribution is -0.136. The van der Waals surface area contributed by atoms with Crippen molar-refractivity contribution in [1.29, 1.82) is 0 Å². The Kier molecular flexibility index (Phi) is 2.88. The molecule has 0 saturated carbocycles. The van der Waals surface area contributed by atoms with Gasteiger partial charge in [-0.05, 0) is 25.1 Å². The summed E-state index contributed by atoms with van der Waals surface area (Å²) in [6.45, 7) is 2.01. The Morgan fingerprint density at radius 3 is 3.00 bits per heavy atom. The van der Waals surface area contributed by atoms with E-state index in [4.69, 9.17) is 11.6 Å². The van der Waals surface area contributed by atoms with Gasteiger partial charge in [-0.25, -0.2) is 4.79 Å². The molecule has 0 atom stereocenters. The average molecular weight is 242 g/mol. The van der Waals surface area contributed by atoms with Crippen molar-refractivity contribution in [3.8, 4) is 0 Å². The van der Waals surface area contributed by atoms with E-state index in [-0.39, 0.29) is 5.88 Å². The number of alkyl halides is 1. The summed E-state index contributed by atoms with van der Waals surface area (Å²) in [5, 5.41) is 3.59. The lowest BCUT2D eigenvalue weighted by Crippen LogP contribution is -2.05. The molecule has 1 aromatic rings. The summed E-state index contributed by atoms with van der Waals surface area (Å²) < 4.78 is 0. The van der Waals surface area contributed by atoms with Gasteiger partial charge in [0, 0.05) is 9.75 Å². The largest absolute Gasteiger partial charge is 0.367 e. The van der Waals surface area contributed by atoms with Crippen LogP contribution in [0.4, 0.5) is 0 Å². The zero-order chi connectivity index (χ0) is 10.8. The van der Waals surface area contributed by atoms with Crippen LogP contribution in [0.2, 0.25) is 0 Å². The molecule has 0 aromatic carbocycles. The number of nitrogens with zero attached hydrogens (tertiary/aromatic N) is 1. The predicted octanol–water partition coefficient (Wildman–Crippen LogP) is 2.59. The molecule has 1 aromatic heterocycles. The highest BCUT2D eigenvalue weighted by Gasteiger charge is 2.24. The van der Waals surface area contributed by atoms with Crippen LogP contribution in [0.25, 0.3) is 6.08 Å². The molecule has 2 heterocycles. The highest BCUT2D eigenvalue weighted by atomic mass is 35.5. The van der Waals surface area contributed by atoms with Gasteiger partial charge < -0.3 is 4.84 Å². The zero-order valence-corrected chi connectivity index (χ0v) is 9.56. The van der Waals surface area contributed by atoms with E-state index in [0.717, 1.165) is 4.88 Å². The van der Waals surface area contributed by atoms with Crippen LogP contribution >= 0.6 is 22.9 Å². The fourth-order valence-corrected chi connectivity index (χ4v) is 2.24. The Bertz CT molecular complexity index is 462. The van der Waals surface area contributed by atoms with Crippen LogP contribution in [0.1, 0.15) is 9.75 Å². The molecular weight excluding hydrogens is 234 g/mol. The highest BCUT2D eigenvalue weighted by Crippen LogP contribution is 2.21. The van der Waals surface area contributed by atoms with E-state index < -0.39 is 5.97 Å². The number of hydrogen-bond donors (Lipinski definition) is 0. The Balaban J connectivity index is 2.33. The van der Waals surface area contributed by atoms with Crippen molar-refractivity contribution in [3.05, 3.63) is 27.5 Å². The molecule has 78 valence electrons. The summed E-state index contributed by atoms with van der Waals surface area (Å²) in [5.41, 5.74) is 0.944. The van der Waals surface area contributed by atoms with E-state index in [1.54, 1.807) is 17.4 Å². The molecule has 15 heavy (non-hydrogen) atoms. The van der Waals surface area contributed by atoms with Crippen LogP contribution in [0.15, 0.2) is 22.9 Å². The number of thiophene rings is 1. The Hall–Kier alpha value is -1.13. The standard InChI is InChI=1S/C10H8ClNO2S/c1-6-2-3-7(15-6)4-8-9(5-11)12-14-10(8)13/h2-4H,5H2,1H3/b8-4+. The van der Waals surface area contributed by atoms with Gasteiger partial charge in [0.1, 0.15) is 5.71 Å². The molecule has 0 amide bonds. The monoisotopic (exact) mass is 241 g/mol. The number of rotatable bonds is 2. The van der Waals surface area contributed by atoms with Gasteiger partial charge >= 0.3 is 5.97 Å². The maximum atomic E-state index is 11.3. The topological polar surface area (TPSA) is 38.7 Å². The highest BCUT2D eigenvalue weighted by molar-refractivity contribution is 7.12. The van der Waals surface area contributed by atoms with Crippen molar-refractivity contribution in [3.63, 3.8) is 0 Å². The molecule has 1 aliphatic rings. The van der Waals surface area contributed by atoms with Gasteiger partial charge in [0.15, 0.2) is 0 Å². The molecule has 0 radical (unpaired) electrons. The number of carbonyl (C=O) groups is 1. The first-order valence-corrected chi connectivity index (χ1v) is 5.68. The minimum Gasteiger partial charge on any atom is -0.312 e. The second kappa shape index (κ2) is 4.16. The molecule has 0 N–H and O–H groups in total. The SMILES string of the molecule is Cc1ccc(/C=C2/C(=O)ON=C2CCl)s1. The van der Waals surface area contributed by atoms with Crippen molar-refractivity contribution < 1.29 is 9.63 Å². The van der Waals surface area contributed by atoms with Crippen molar-refractivity contribution >= 4 is 40.7 Å². The molecule has 3 nitrogen and oxygen atoms in total. The minimum atomic E-state index is -0.434. The summed E-state index contributed by atoms with van der Waals surface area (Å²) in [4.78, 5) is 18.0. The van der Waals surface area contributed by atoms with Crippen LogP contribution in [0.3, 0.4) is 0 Å². The number of halogens is 1. The first-order chi connectivity index (χ1) is 7.20. The van der Waals surface area contributed by atoms with Gasteiger partial charge in [-0.3, -0.25) is 0 Å². The summed E-state index contributed by atoms with van der Waals surface area (Å²) in [5.74, 6) is -0.251. The van der Waals surface area contributed by atoms with Crippen molar-refractivity contribution in [1.82, 2.24) is 0 Å². The maximum absolute atomic E-state index is 11.3. The number of oxime groups is 1. The quantitative estimate of drug-likeness (QED) is 0.454. The molecule has 0 fully saturated rings. The summed E-state index contributed by atoms with van der Waals surface area (Å²) in [6.07, 6.45) is 1.76. The van der Waals surface area contributed by atoms with Crippen LogP contribution in [0, 0.1) is 6.92 Å². The third kappa shape index (κ3) is 2.11. The minimum absolute atomic E-state index is 0.182. The number of hydrogen-bond acceptors (Lipinski definition) is 4. The first kappa shape index (κ1) is 10.4. The fourth-order valence-electron chi connectivity index (χ4n) is 1.22. The van der Waals surface area contributed by atoms with Crippen molar-refractivity contribution in [2.45, 2.75) is 6.92 Å². The second-order valence-electron chi connectivity index (χ2n) is 3.06. The van der Waals surface area contributed by atoms with Crippen LogP contribution in [0.5, 0.6) is 0 Å². The van der Waals surface area contributed by atoms with Gasteiger partial charge in [0.2, 0.25) is 0 Å². The molecule has 0 saturated heterocycles. The average Bonchev–Trinajstić information content (AvgIpc) is 2.76. The van der Waals surface area contributed by atoms with Gasteiger partial charge in [-0.2, -0.15) is 0 Å². The Morgan fingerprint density at radius 2 is 2.40 bits per heavy atom. The molecular formula is C10H8ClNO2S. The lowest BCUT2D eigenvalue weighted by Gasteiger charge is -1.92. The van der Waals surface area contributed by atoms with Gasteiger partial charge in [0.25, 0.3) is 0 Å². The summed E-state index contributed by atoms with van der Waals surface area (Å²) in [6, 6.07) is 3.94. The van der Waals surface area contributed by atoms with Crippen molar-refractivity contribution in [2.75, 3.05) is 5.88 Å². The van der Waals surface area contributed by atoms with Gasteiger partial charge in [-0.1, -0.05) is 5.16 Å². The molecule has 0 bridgehead atoms. The summed E-state index contributed by atoms with van der Waals surface area (Å²) >= 11 is 7.25. The molecule has 2 rings (SSSR count). The Labute approximate surface area is 96.0 Å². The first-order valence-electron chi connectivity index (χ1n) is 4.33. The number of aryl methyl sites for hydroxylation is 1. The molecule has 0 spiro atoms. The smallest absolute Gasteiger partial charge is 0.312 e. The predicted molar refractivity (Wildman–Crippen MR) is 61.3 cm³/mol. The maximum Gasteiger partial charge on any atom is 0.367 e. The normalized spacial score (nSPS) is 18.1. The third-order valence-corrected chi connectivity index (χ3v) is 3.14. The van der Waals surface area contributed by atoms with E-state index in [0.29, 0.717) is 11.3 Å². The number of carbonyl (C=O) groups excluding carboxylic acids is 1. The fraction of sp³-hybridized carbons (Fsp3) is 0.200. The van der Waals surface area contributed by atoms with E-state index >= 15 is 0 Å². The van der Waals surface area contributed by atoms with Crippen LogP contribution in [-0.2, 0) is 9.63 Å². The zero-order valence-electron chi connectivity index (χ0n) is 7.99.